The second-order valence-electron chi connectivity index (χ2n) is 2.72. The topological polar surface area (TPSA) is 42.1 Å². The quantitative estimate of drug-likeness (QED) is 0.777. The Labute approximate surface area is 75.2 Å². The van der Waals surface area contributed by atoms with E-state index in [2.05, 4.69) is 4.98 Å². The van der Waals surface area contributed by atoms with Gasteiger partial charge < -0.3 is 10.6 Å². The van der Waals surface area contributed by atoms with Gasteiger partial charge in [0.1, 0.15) is 5.82 Å². The summed E-state index contributed by atoms with van der Waals surface area (Å²) < 4.78 is 23.9. The minimum absolute atomic E-state index is 0.337. The van der Waals surface area contributed by atoms with E-state index in [9.17, 15) is 8.78 Å². The number of alkyl halides is 2. The first-order valence-corrected chi connectivity index (χ1v) is 3.80. The van der Waals surface area contributed by atoms with Crippen molar-refractivity contribution in [1.29, 1.82) is 0 Å². The highest BCUT2D eigenvalue weighted by Crippen LogP contribution is 2.13. The highest BCUT2D eigenvalue weighted by atomic mass is 19.3. The maximum atomic E-state index is 12.0. The molecule has 0 amide bonds. The zero-order chi connectivity index (χ0) is 9.84. The number of aromatic nitrogens is 1. The highest BCUT2D eigenvalue weighted by Gasteiger charge is 2.09. The van der Waals surface area contributed by atoms with Gasteiger partial charge in [0.2, 0.25) is 0 Å². The molecule has 3 nitrogen and oxygen atoms in total. The first-order valence-electron chi connectivity index (χ1n) is 3.80. The molecular weight excluding hydrogens is 176 g/mol. The van der Waals surface area contributed by atoms with E-state index in [1.165, 1.54) is 11.1 Å². The Balaban J connectivity index is 2.71. The summed E-state index contributed by atoms with van der Waals surface area (Å²) in [6.45, 7) is -0.337. The molecule has 0 unspecified atom stereocenters. The van der Waals surface area contributed by atoms with E-state index in [1.807, 2.05) is 0 Å². The van der Waals surface area contributed by atoms with Crippen LogP contribution in [-0.4, -0.2) is 25.0 Å². The first kappa shape index (κ1) is 9.70. The van der Waals surface area contributed by atoms with Gasteiger partial charge in [-0.3, -0.25) is 0 Å². The average molecular weight is 187 g/mol. The van der Waals surface area contributed by atoms with Crippen molar-refractivity contribution < 1.29 is 8.78 Å². The summed E-state index contributed by atoms with van der Waals surface area (Å²) in [7, 11) is 1.55. The summed E-state index contributed by atoms with van der Waals surface area (Å²) in [6.07, 6.45) is -0.875. The molecule has 1 rings (SSSR count). The Morgan fingerprint density at radius 1 is 1.62 bits per heavy atom. The predicted octanol–water partition coefficient (Wildman–Crippen LogP) is 1.37. The number of anilines is 2. The smallest absolute Gasteiger partial charge is 0.255 e. The molecule has 0 bridgehead atoms. The van der Waals surface area contributed by atoms with E-state index < -0.39 is 6.43 Å². The van der Waals surface area contributed by atoms with Gasteiger partial charge in [0.15, 0.2) is 0 Å². The summed E-state index contributed by atoms with van der Waals surface area (Å²) >= 11 is 0. The highest BCUT2D eigenvalue weighted by molar-refractivity contribution is 5.49. The van der Waals surface area contributed by atoms with E-state index in [4.69, 9.17) is 5.73 Å². The Hall–Kier alpha value is -1.39. The largest absolute Gasteiger partial charge is 0.399 e. The van der Waals surface area contributed by atoms with Crippen LogP contribution in [0.15, 0.2) is 18.3 Å². The molecule has 0 aliphatic heterocycles. The van der Waals surface area contributed by atoms with Crippen LogP contribution in [0.1, 0.15) is 0 Å². The van der Waals surface area contributed by atoms with Gasteiger partial charge in [0.05, 0.1) is 6.54 Å². The van der Waals surface area contributed by atoms with Crippen LogP contribution in [0.3, 0.4) is 0 Å². The van der Waals surface area contributed by atoms with E-state index in [0.717, 1.165) is 0 Å². The first-order chi connectivity index (χ1) is 6.09. The molecule has 13 heavy (non-hydrogen) atoms. The molecule has 1 aromatic rings. The molecule has 0 fully saturated rings. The Morgan fingerprint density at radius 2 is 2.31 bits per heavy atom. The van der Waals surface area contributed by atoms with Gasteiger partial charge in [0, 0.05) is 25.0 Å². The van der Waals surface area contributed by atoms with Crippen LogP contribution in [-0.2, 0) is 0 Å². The Morgan fingerprint density at radius 3 is 2.85 bits per heavy atom. The third-order valence-corrected chi connectivity index (χ3v) is 1.57. The normalized spacial score (nSPS) is 10.5. The standard InChI is InChI=1S/C8H11F2N3/c1-13(5-7(9)10)8-4-6(11)2-3-12-8/h2-4,7H,5H2,1H3,(H2,11,12). The molecule has 0 radical (unpaired) electrons. The minimum Gasteiger partial charge on any atom is -0.399 e. The second kappa shape index (κ2) is 4.02. The van der Waals surface area contributed by atoms with Crippen LogP contribution in [0.2, 0.25) is 0 Å². The fourth-order valence-electron chi connectivity index (χ4n) is 0.943. The van der Waals surface area contributed by atoms with Gasteiger partial charge in [0.25, 0.3) is 6.43 Å². The van der Waals surface area contributed by atoms with Crippen LogP contribution in [0.5, 0.6) is 0 Å². The SMILES string of the molecule is CN(CC(F)F)c1cc(N)ccn1. The Kier molecular flexibility index (Phi) is 3.00. The molecule has 0 spiro atoms. The van der Waals surface area contributed by atoms with Crippen molar-refractivity contribution in [2.45, 2.75) is 6.43 Å². The molecule has 0 atom stereocenters. The molecule has 0 aliphatic rings. The van der Waals surface area contributed by atoms with Crippen molar-refractivity contribution in [3.05, 3.63) is 18.3 Å². The number of nitrogens with zero attached hydrogens (tertiary/aromatic N) is 2. The summed E-state index contributed by atoms with van der Waals surface area (Å²) in [5, 5.41) is 0. The zero-order valence-corrected chi connectivity index (χ0v) is 7.24. The van der Waals surface area contributed by atoms with Gasteiger partial charge in [-0.25, -0.2) is 13.8 Å². The molecule has 0 aliphatic carbocycles. The van der Waals surface area contributed by atoms with Gasteiger partial charge in [-0.1, -0.05) is 0 Å². The lowest BCUT2D eigenvalue weighted by Crippen LogP contribution is -2.24. The van der Waals surface area contributed by atoms with Crippen LogP contribution < -0.4 is 10.6 Å². The fourth-order valence-corrected chi connectivity index (χ4v) is 0.943. The summed E-state index contributed by atoms with van der Waals surface area (Å²) in [6, 6.07) is 3.17. The summed E-state index contributed by atoms with van der Waals surface area (Å²) in [5.74, 6) is 0.459. The monoisotopic (exact) mass is 187 g/mol. The number of pyridine rings is 1. The van der Waals surface area contributed by atoms with Crippen LogP contribution >= 0.6 is 0 Å². The van der Waals surface area contributed by atoms with Gasteiger partial charge in [-0.05, 0) is 6.07 Å². The predicted molar refractivity (Wildman–Crippen MR) is 47.9 cm³/mol. The number of nitrogens with two attached hydrogens (primary N) is 1. The van der Waals surface area contributed by atoms with Crippen molar-refractivity contribution in [3.63, 3.8) is 0 Å². The summed E-state index contributed by atoms with van der Waals surface area (Å²) in [5.41, 5.74) is 5.99. The molecule has 1 heterocycles. The Bertz CT molecular complexity index is 278. The summed E-state index contributed by atoms with van der Waals surface area (Å²) in [4.78, 5) is 5.27. The molecule has 5 heteroatoms. The average Bonchev–Trinajstić information content (AvgIpc) is 2.03. The number of halogens is 2. The molecule has 1 aromatic heterocycles. The zero-order valence-electron chi connectivity index (χ0n) is 7.24. The van der Waals surface area contributed by atoms with E-state index in [1.54, 1.807) is 19.2 Å². The maximum Gasteiger partial charge on any atom is 0.255 e. The number of rotatable bonds is 3. The van der Waals surface area contributed by atoms with Gasteiger partial charge in [-0.2, -0.15) is 0 Å². The van der Waals surface area contributed by atoms with Crippen molar-refractivity contribution >= 4 is 11.5 Å². The van der Waals surface area contributed by atoms with E-state index in [0.29, 0.717) is 11.5 Å². The molecule has 0 aromatic carbocycles. The number of nitrogen functional groups attached to an aromatic ring is 1. The lowest BCUT2D eigenvalue weighted by molar-refractivity contribution is 0.156. The molecular formula is C8H11F2N3. The molecule has 0 saturated carbocycles. The van der Waals surface area contributed by atoms with E-state index in [-0.39, 0.29) is 6.54 Å². The van der Waals surface area contributed by atoms with Crippen molar-refractivity contribution in [3.8, 4) is 0 Å². The number of hydrogen-bond acceptors (Lipinski definition) is 3. The third-order valence-electron chi connectivity index (χ3n) is 1.57. The van der Waals surface area contributed by atoms with Gasteiger partial charge >= 0.3 is 0 Å². The molecule has 0 saturated heterocycles. The van der Waals surface area contributed by atoms with Crippen LogP contribution in [0, 0.1) is 0 Å². The lowest BCUT2D eigenvalue weighted by Gasteiger charge is -2.17. The third kappa shape index (κ3) is 2.85. The fraction of sp³-hybridized carbons (Fsp3) is 0.375. The van der Waals surface area contributed by atoms with Crippen molar-refractivity contribution in [2.75, 3.05) is 24.2 Å². The molecule has 72 valence electrons. The maximum absolute atomic E-state index is 12.0. The van der Waals surface area contributed by atoms with Crippen molar-refractivity contribution in [2.24, 2.45) is 0 Å². The molecule has 2 N–H and O–H groups in total. The number of hydrogen-bond donors (Lipinski definition) is 1. The van der Waals surface area contributed by atoms with Crippen molar-refractivity contribution in [1.82, 2.24) is 4.98 Å². The van der Waals surface area contributed by atoms with Gasteiger partial charge in [-0.15, -0.1) is 0 Å². The lowest BCUT2D eigenvalue weighted by atomic mass is 10.4. The van der Waals surface area contributed by atoms with E-state index >= 15 is 0 Å². The van der Waals surface area contributed by atoms with Crippen LogP contribution in [0.25, 0.3) is 0 Å². The van der Waals surface area contributed by atoms with Crippen LogP contribution in [0.4, 0.5) is 20.3 Å². The minimum atomic E-state index is -2.37. The second-order valence-corrected chi connectivity index (χ2v) is 2.72.